The predicted molar refractivity (Wildman–Crippen MR) is 153 cm³/mol. The Labute approximate surface area is 232 Å². The van der Waals surface area contributed by atoms with E-state index < -0.39 is 15.8 Å². The number of ether oxygens (including phenoxy) is 1. The Bertz CT molecular complexity index is 1260. The average molecular weight is 559 g/mol. The number of nitrogens with one attached hydrogen (secondary N) is 1. The van der Waals surface area contributed by atoms with E-state index in [0.29, 0.717) is 25.4 Å². The van der Waals surface area contributed by atoms with Crippen LogP contribution in [0.2, 0.25) is 0 Å². The summed E-state index contributed by atoms with van der Waals surface area (Å²) in [6.45, 7) is 9.33. The summed E-state index contributed by atoms with van der Waals surface area (Å²) in [5.41, 5.74) is 5.17. The molecular weight excluding hydrogens is 516 g/mol. The maximum absolute atomic E-state index is 12.9. The number of benzene rings is 1. The average Bonchev–Trinajstić information content (AvgIpc) is 2.84. The summed E-state index contributed by atoms with van der Waals surface area (Å²) >= 11 is 0. The van der Waals surface area contributed by atoms with Crippen LogP contribution in [0.25, 0.3) is 0 Å². The van der Waals surface area contributed by atoms with Crippen molar-refractivity contribution in [3.8, 4) is 5.75 Å². The van der Waals surface area contributed by atoms with Crippen molar-refractivity contribution >= 4 is 21.8 Å². The number of fused-ring (bicyclic) bond motifs is 1. The van der Waals surface area contributed by atoms with E-state index in [2.05, 4.69) is 17.7 Å². The summed E-state index contributed by atoms with van der Waals surface area (Å²) in [4.78, 5) is 24.1. The van der Waals surface area contributed by atoms with E-state index in [1.54, 1.807) is 4.90 Å². The third-order valence-corrected chi connectivity index (χ3v) is 8.88. The second-order valence-electron chi connectivity index (χ2n) is 10.9. The lowest BCUT2D eigenvalue weighted by molar-refractivity contribution is -0.131. The molecule has 3 N–H and O–H groups in total. The van der Waals surface area contributed by atoms with E-state index in [4.69, 9.17) is 20.5 Å². The molecule has 2 fully saturated rings. The fourth-order valence-corrected chi connectivity index (χ4v) is 6.87. The molecule has 39 heavy (non-hydrogen) atoms. The molecule has 0 aromatic heterocycles. The summed E-state index contributed by atoms with van der Waals surface area (Å²) in [7, 11) is -3.75. The Morgan fingerprint density at radius 2 is 2.00 bits per heavy atom. The minimum atomic E-state index is -3.75. The molecule has 1 saturated carbocycles. The van der Waals surface area contributed by atoms with Crippen molar-refractivity contribution in [2.24, 2.45) is 10.9 Å². The second kappa shape index (κ2) is 12.7. The molecule has 1 aromatic carbocycles. The fourth-order valence-electron chi connectivity index (χ4n) is 5.61. The quantitative estimate of drug-likeness (QED) is 0.255. The molecular formula is C29H42N4O5S. The molecule has 1 heterocycles. The van der Waals surface area contributed by atoms with Crippen LogP contribution in [0.3, 0.4) is 0 Å². The monoisotopic (exact) mass is 558 g/mol. The van der Waals surface area contributed by atoms with Crippen LogP contribution >= 0.6 is 0 Å². The highest BCUT2D eigenvalue weighted by molar-refractivity contribution is 7.90. The molecule has 1 aliphatic heterocycles. The van der Waals surface area contributed by atoms with Crippen molar-refractivity contribution in [2.45, 2.75) is 90.8 Å². The van der Waals surface area contributed by atoms with E-state index in [1.165, 1.54) is 11.1 Å². The molecule has 2 unspecified atom stereocenters. The SMILES string of the molecule is CCC(N=C(ON)c1ccc(OC(C)C)c(C)c1)C1=C2CCCC(NS(=O)(=O)CC(=O)N3CCC3)C2=CCC1. The van der Waals surface area contributed by atoms with Crippen molar-refractivity contribution < 1.29 is 22.8 Å². The first kappa shape index (κ1) is 29.3. The molecule has 3 aliphatic rings. The van der Waals surface area contributed by atoms with E-state index in [9.17, 15) is 13.2 Å². The number of aliphatic imine (C=N–C) groups is 1. The number of amides is 1. The molecule has 10 heteroatoms. The number of sulfonamides is 1. The number of likely N-dealkylation sites (tertiary alicyclic amines) is 1. The molecule has 0 radical (unpaired) electrons. The Balaban J connectivity index is 1.56. The van der Waals surface area contributed by atoms with Gasteiger partial charge in [0, 0.05) is 24.7 Å². The third kappa shape index (κ3) is 7.10. The van der Waals surface area contributed by atoms with Crippen molar-refractivity contribution in [3.05, 3.63) is 52.1 Å². The first-order chi connectivity index (χ1) is 18.6. The van der Waals surface area contributed by atoms with Gasteiger partial charge in [0.05, 0.1) is 12.1 Å². The first-order valence-electron chi connectivity index (χ1n) is 14.0. The number of hydrogen-bond donors (Lipinski definition) is 2. The van der Waals surface area contributed by atoms with Crippen LogP contribution in [-0.2, 0) is 19.7 Å². The number of rotatable bonds is 10. The van der Waals surface area contributed by atoms with Gasteiger partial charge in [-0.2, -0.15) is 5.90 Å². The predicted octanol–water partition coefficient (Wildman–Crippen LogP) is 3.92. The lowest BCUT2D eigenvalue weighted by Gasteiger charge is -2.35. The second-order valence-corrected chi connectivity index (χ2v) is 12.6. The van der Waals surface area contributed by atoms with Crippen molar-refractivity contribution in [1.82, 2.24) is 9.62 Å². The summed E-state index contributed by atoms with van der Waals surface area (Å²) in [6, 6.07) is 5.31. The Morgan fingerprint density at radius 3 is 2.62 bits per heavy atom. The molecule has 9 nitrogen and oxygen atoms in total. The Hall–Kier alpha value is -2.69. The highest BCUT2D eigenvalue weighted by Crippen LogP contribution is 2.39. The van der Waals surface area contributed by atoms with Gasteiger partial charge in [-0.05, 0) is 106 Å². The third-order valence-electron chi connectivity index (χ3n) is 7.61. The lowest BCUT2D eigenvalue weighted by Crippen LogP contribution is -2.48. The molecule has 1 aromatic rings. The standard InChI is InChI=1S/C29H42N4O5S/c1-5-25(31-29(38-30)21-13-14-27(20(4)17-21)37-19(2)3)23-10-6-11-24-22(23)9-7-12-26(24)32-39(35,36)18-28(34)33-15-8-16-33/h11,13-14,17,19,25-26,32H,5-10,12,15-16,18,30H2,1-4H3. The van der Waals surface area contributed by atoms with Crippen LogP contribution in [0.4, 0.5) is 0 Å². The smallest absolute Gasteiger partial charge is 0.240 e. The Kier molecular flexibility index (Phi) is 9.51. The van der Waals surface area contributed by atoms with Gasteiger partial charge in [0.25, 0.3) is 0 Å². The largest absolute Gasteiger partial charge is 0.491 e. The summed E-state index contributed by atoms with van der Waals surface area (Å²) in [6.07, 6.45) is 8.02. The van der Waals surface area contributed by atoms with Gasteiger partial charge in [-0.1, -0.05) is 13.0 Å². The van der Waals surface area contributed by atoms with E-state index in [0.717, 1.165) is 61.0 Å². The van der Waals surface area contributed by atoms with Gasteiger partial charge in [-0.25, -0.2) is 18.1 Å². The fraction of sp³-hybridized carbons (Fsp3) is 0.586. The van der Waals surface area contributed by atoms with E-state index in [1.807, 2.05) is 39.0 Å². The molecule has 214 valence electrons. The molecule has 0 bridgehead atoms. The number of hydrogen-bond acceptors (Lipinski definition) is 7. The molecule has 1 amide bonds. The van der Waals surface area contributed by atoms with Gasteiger partial charge in [-0.3, -0.25) is 4.79 Å². The van der Waals surface area contributed by atoms with Crippen LogP contribution in [0.5, 0.6) is 5.75 Å². The van der Waals surface area contributed by atoms with Crippen LogP contribution in [-0.4, -0.2) is 62.2 Å². The van der Waals surface area contributed by atoms with Crippen LogP contribution < -0.4 is 15.4 Å². The topological polar surface area (TPSA) is 123 Å². The Morgan fingerprint density at radius 1 is 1.23 bits per heavy atom. The van der Waals surface area contributed by atoms with Gasteiger partial charge >= 0.3 is 0 Å². The summed E-state index contributed by atoms with van der Waals surface area (Å²) in [5, 5.41) is 0. The van der Waals surface area contributed by atoms with Gasteiger partial charge < -0.3 is 14.5 Å². The molecule has 2 atom stereocenters. The van der Waals surface area contributed by atoms with Gasteiger partial charge in [0.2, 0.25) is 21.8 Å². The zero-order valence-electron chi connectivity index (χ0n) is 23.5. The minimum Gasteiger partial charge on any atom is -0.491 e. The number of carbonyl (C=O) groups is 1. The minimum absolute atomic E-state index is 0.0738. The number of nitrogens with two attached hydrogens (primary N) is 1. The molecule has 2 aliphatic carbocycles. The molecule has 4 rings (SSSR count). The van der Waals surface area contributed by atoms with E-state index >= 15 is 0 Å². The normalized spacial score (nSPS) is 20.8. The number of allylic oxidation sites excluding steroid dienone is 1. The summed E-state index contributed by atoms with van der Waals surface area (Å²) in [5.74, 6) is 6.06. The zero-order valence-corrected chi connectivity index (χ0v) is 24.4. The zero-order chi connectivity index (χ0) is 28.2. The van der Waals surface area contributed by atoms with Crippen molar-refractivity contribution in [2.75, 3.05) is 18.8 Å². The van der Waals surface area contributed by atoms with Gasteiger partial charge in [0.1, 0.15) is 11.5 Å². The lowest BCUT2D eigenvalue weighted by atomic mass is 9.76. The van der Waals surface area contributed by atoms with Gasteiger partial charge in [0.15, 0.2) is 0 Å². The number of aryl methyl sites for hydroxylation is 1. The summed E-state index contributed by atoms with van der Waals surface area (Å²) < 4.78 is 34.5. The number of nitrogens with zero attached hydrogens (tertiary/aromatic N) is 2. The maximum Gasteiger partial charge on any atom is 0.240 e. The van der Waals surface area contributed by atoms with Crippen LogP contribution in [0, 0.1) is 6.92 Å². The van der Waals surface area contributed by atoms with Gasteiger partial charge in [-0.15, -0.1) is 0 Å². The van der Waals surface area contributed by atoms with Crippen LogP contribution in [0.1, 0.15) is 76.8 Å². The van der Waals surface area contributed by atoms with Crippen LogP contribution in [0.15, 0.2) is 46.0 Å². The van der Waals surface area contributed by atoms with E-state index in [-0.39, 0.29) is 24.1 Å². The molecule has 1 saturated heterocycles. The maximum atomic E-state index is 12.9. The highest BCUT2D eigenvalue weighted by Gasteiger charge is 2.33. The highest BCUT2D eigenvalue weighted by atomic mass is 32.2. The molecule has 0 spiro atoms. The van der Waals surface area contributed by atoms with Crippen molar-refractivity contribution in [3.63, 3.8) is 0 Å². The van der Waals surface area contributed by atoms with Crippen molar-refractivity contribution in [1.29, 1.82) is 0 Å². The number of carbonyl (C=O) groups excluding carboxylic acids is 1. The first-order valence-corrected chi connectivity index (χ1v) is 15.7.